The van der Waals surface area contributed by atoms with Crippen LogP contribution in [0.5, 0.6) is 0 Å². The lowest BCUT2D eigenvalue weighted by molar-refractivity contribution is -0.123. The van der Waals surface area contributed by atoms with Gasteiger partial charge in [-0.05, 0) is 33.2 Å². The average Bonchev–Trinajstić information content (AvgIpc) is 2.24. The predicted octanol–water partition coefficient (Wildman–Crippen LogP) is 1.31. The van der Waals surface area contributed by atoms with E-state index in [-0.39, 0.29) is 18.0 Å². The molecule has 0 aromatic heterocycles. The van der Waals surface area contributed by atoms with Crippen molar-refractivity contribution in [3.8, 4) is 0 Å². The van der Waals surface area contributed by atoms with Crippen molar-refractivity contribution < 1.29 is 9.53 Å². The molecule has 0 bridgehead atoms. The van der Waals surface area contributed by atoms with Crippen LogP contribution in [0.4, 0.5) is 0 Å². The third-order valence-corrected chi connectivity index (χ3v) is 2.48. The van der Waals surface area contributed by atoms with Gasteiger partial charge in [0.25, 0.3) is 0 Å². The molecule has 0 saturated heterocycles. The maximum absolute atomic E-state index is 11.7. The van der Waals surface area contributed by atoms with Gasteiger partial charge in [-0.3, -0.25) is 4.79 Å². The monoisotopic (exact) mass is 230 g/mol. The summed E-state index contributed by atoms with van der Waals surface area (Å²) in [6.45, 7) is 7.59. The van der Waals surface area contributed by atoms with Crippen LogP contribution in [0.3, 0.4) is 0 Å². The van der Waals surface area contributed by atoms with E-state index >= 15 is 0 Å². The third-order valence-electron chi connectivity index (χ3n) is 2.48. The van der Waals surface area contributed by atoms with E-state index in [0.717, 1.165) is 32.4 Å². The Morgan fingerprint density at radius 3 is 2.62 bits per heavy atom. The smallest absolute Gasteiger partial charge is 0.237 e. The molecule has 0 saturated carbocycles. The summed E-state index contributed by atoms with van der Waals surface area (Å²) in [4.78, 5) is 11.7. The summed E-state index contributed by atoms with van der Waals surface area (Å²) in [6, 6.07) is 0.136. The lowest BCUT2D eigenvalue weighted by Gasteiger charge is -2.18. The fraction of sp³-hybridized carbons (Fsp3) is 0.917. The molecule has 2 unspecified atom stereocenters. The van der Waals surface area contributed by atoms with Crippen LogP contribution in [0.1, 0.15) is 40.0 Å². The van der Waals surface area contributed by atoms with Crippen molar-refractivity contribution in [2.24, 2.45) is 0 Å². The SMILES string of the molecule is CCCC(C)NC(=O)C(C)NCCCOC. The summed E-state index contributed by atoms with van der Waals surface area (Å²) in [5, 5.41) is 6.16. The van der Waals surface area contributed by atoms with E-state index in [4.69, 9.17) is 4.74 Å². The van der Waals surface area contributed by atoms with E-state index in [2.05, 4.69) is 17.6 Å². The van der Waals surface area contributed by atoms with Crippen molar-refractivity contribution in [1.82, 2.24) is 10.6 Å². The van der Waals surface area contributed by atoms with Crippen LogP contribution in [0.2, 0.25) is 0 Å². The second kappa shape index (κ2) is 9.60. The van der Waals surface area contributed by atoms with Crippen molar-refractivity contribution >= 4 is 5.91 Å². The number of hydrogen-bond acceptors (Lipinski definition) is 3. The molecule has 0 aromatic carbocycles. The minimum atomic E-state index is -0.129. The fourth-order valence-electron chi connectivity index (χ4n) is 1.50. The zero-order valence-corrected chi connectivity index (χ0v) is 11.0. The normalized spacial score (nSPS) is 14.5. The molecule has 0 aliphatic carbocycles. The molecule has 0 spiro atoms. The van der Waals surface area contributed by atoms with Gasteiger partial charge in [-0.1, -0.05) is 13.3 Å². The number of carbonyl (C=O) groups excluding carboxylic acids is 1. The molecular formula is C12H26N2O2. The lowest BCUT2D eigenvalue weighted by atomic mass is 10.2. The largest absolute Gasteiger partial charge is 0.385 e. The fourth-order valence-corrected chi connectivity index (χ4v) is 1.50. The first kappa shape index (κ1) is 15.4. The number of hydrogen-bond donors (Lipinski definition) is 2. The molecule has 4 nitrogen and oxygen atoms in total. The zero-order valence-electron chi connectivity index (χ0n) is 11.0. The molecule has 0 radical (unpaired) electrons. The van der Waals surface area contributed by atoms with Gasteiger partial charge in [-0.15, -0.1) is 0 Å². The van der Waals surface area contributed by atoms with E-state index in [1.807, 2.05) is 13.8 Å². The highest BCUT2D eigenvalue weighted by Gasteiger charge is 2.13. The number of carbonyl (C=O) groups is 1. The summed E-state index contributed by atoms with van der Waals surface area (Å²) in [5.74, 6) is 0.0818. The molecule has 0 aliphatic rings. The predicted molar refractivity (Wildman–Crippen MR) is 66.5 cm³/mol. The Kier molecular flexibility index (Phi) is 9.24. The van der Waals surface area contributed by atoms with Crippen molar-refractivity contribution in [3.63, 3.8) is 0 Å². The third kappa shape index (κ3) is 7.65. The number of ether oxygens (including phenoxy) is 1. The molecule has 4 heteroatoms. The molecule has 0 aliphatic heterocycles. The second-order valence-electron chi connectivity index (χ2n) is 4.22. The molecule has 0 heterocycles. The van der Waals surface area contributed by atoms with E-state index in [0.29, 0.717) is 0 Å². The van der Waals surface area contributed by atoms with E-state index in [9.17, 15) is 4.79 Å². The van der Waals surface area contributed by atoms with Gasteiger partial charge in [0.05, 0.1) is 6.04 Å². The Balaban J connectivity index is 3.64. The van der Waals surface area contributed by atoms with E-state index < -0.39 is 0 Å². The maximum Gasteiger partial charge on any atom is 0.237 e. The Bertz CT molecular complexity index is 186. The van der Waals surface area contributed by atoms with E-state index in [1.54, 1.807) is 7.11 Å². The Hall–Kier alpha value is -0.610. The van der Waals surface area contributed by atoms with Crippen LogP contribution in [0.15, 0.2) is 0 Å². The topological polar surface area (TPSA) is 50.4 Å². The number of nitrogens with one attached hydrogen (secondary N) is 2. The van der Waals surface area contributed by atoms with Gasteiger partial charge in [-0.2, -0.15) is 0 Å². The van der Waals surface area contributed by atoms with Crippen molar-refractivity contribution in [2.75, 3.05) is 20.3 Å². The molecule has 16 heavy (non-hydrogen) atoms. The van der Waals surface area contributed by atoms with Crippen LogP contribution < -0.4 is 10.6 Å². The highest BCUT2D eigenvalue weighted by molar-refractivity contribution is 5.81. The summed E-state index contributed by atoms with van der Waals surface area (Å²) in [5.41, 5.74) is 0. The summed E-state index contributed by atoms with van der Waals surface area (Å²) in [6.07, 6.45) is 3.05. The zero-order chi connectivity index (χ0) is 12.4. The number of methoxy groups -OCH3 is 1. The Morgan fingerprint density at radius 2 is 2.06 bits per heavy atom. The molecular weight excluding hydrogens is 204 g/mol. The van der Waals surface area contributed by atoms with Crippen LogP contribution in [-0.4, -0.2) is 38.3 Å². The first-order valence-corrected chi connectivity index (χ1v) is 6.14. The molecule has 96 valence electrons. The van der Waals surface area contributed by atoms with Crippen molar-refractivity contribution in [2.45, 2.75) is 52.1 Å². The maximum atomic E-state index is 11.7. The summed E-state index contributed by atoms with van der Waals surface area (Å²) in [7, 11) is 1.68. The first-order chi connectivity index (χ1) is 7.61. The van der Waals surface area contributed by atoms with Crippen LogP contribution >= 0.6 is 0 Å². The van der Waals surface area contributed by atoms with Gasteiger partial charge in [0.1, 0.15) is 0 Å². The van der Waals surface area contributed by atoms with Crippen molar-refractivity contribution in [3.05, 3.63) is 0 Å². The Labute approximate surface area is 99.1 Å². The first-order valence-electron chi connectivity index (χ1n) is 6.14. The van der Waals surface area contributed by atoms with Gasteiger partial charge < -0.3 is 15.4 Å². The number of rotatable bonds is 9. The number of amides is 1. The van der Waals surface area contributed by atoms with Gasteiger partial charge in [0.2, 0.25) is 5.91 Å². The molecule has 1 amide bonds. The summed E-state index contributed by atoms with van der Waals surface area (Å²) >= 11 is 0. The van der Waals surface area contributed by atoms with Crippen LogP contribution in [0.25, 0.3) is 0 Å². The standard InChI is InChI=1S/C12H26N2O2/c1-5-7-10(2)14-12(15)11(3)13-8-6-9-16-4/h10-11,13H,5-9H2,1-4H3,(H,14,15). The van der Waals surface area contributed by atoms with Crippen LogP contribution in [-0.2, 0) is 9.53 Å². The van der Waals surface area contributed by atoms with Gasteiger partial charge in [0, 0.05) is 19.8 Å². The quantitative estimate of drug-likeness (QED) is 0.587. The average molecular weight is 230 g/mol. The minimum Gasteiger partial charge on any atom is -0.385 e. The second-order valence-corrected chi connectivity index (χ2v) is 4.22. The lowest BCUT2D eigenvalue weighted by Crippen LogP contribution is -2.45. The molecule has 0 aromatic rings. The molecule has 2 atom stereocenters. The van der Waals surface area contributed by atoms with Crippen LogP contribution in [0, 0.1) is 0 Å². The van der Waals surface area contributed by atoms with Gasteiger partial charge in [-0.25, -0.2) is 0 Å². The Morgan fingerprint density at radius 1 is 1.38 bits per heavy atom. The minimum absolute atomic E-state index is 0.0818. The van der Waals surface area contributed by atoms with E-state index in [1.165, 1.54) is 0 Å². The van der Waals surface area contributed by atoms with Gasteiger partial charge >= 0.3 is 0 Å². The molecule has 0 fully saturated rings. The van der Waals surface area contributed by atoms with Crippen molar-refractivity contribution in [1.29, 1.82) is 0 Å². The highest BCUT2D eigenvalue weighted by atomic mass is 16.5. The van der Waals surface area contributed by atoms with Gasteiger partial charge in [0.15, 0.2) is 0 Å². The highest BCUT2D eigenvalue weighted by Crippen LogP contribution is 1.95. The molecule has 0 rings (SSSR count). The summed E-state index contributed by atoms with van der Waals surface area (Å²) < 4.78 is 4.94. The molecule has 2 N–H and O–H groups in total.